The molecule has 0 bridgehead atoms. The molecule has 0 saturated carbocycles. The zero-order valence-corrected chi connectivity index (χ0v) is 7.47. The van der Waals surface area contributed by atoms with Gasteiger partial charge in [-0.25, -0.2) is 0 Å². The second kappa shape index (κ2) is 3.41. The third-order valence-corrected chi connectivity index (χ3v) is 1.89. The molecule has 1 aromatic heterocycles. The van der Waals surface area contributed by atoms with Crippen molar-refractivity contribution in [3.05, 3.63) is 50.7 Å². The van der Waals surface area contributed by atoms with Crippen LogP contribution in [-0.2, 0) is 0 Å². The number of aromatic nitrogens is 1. The van der Waals surface area contributed by atoms with Crippen LogP contribution in [0.25, 0.3) is 10.9 Å². The van der Waals surface area contributed by atoms with E-state index >= 15 is 0 Å². The average molecular weight is 206 g/mol. The Morgan fingerprint density at radius 2 is 2.07 bits per heavy atom. The van der Waals surface area contributed by atoms with Crippen molar-refractivity contribution in [2.45, 2.75) is 0 Å². The molecule has 6 nitrogen and oxygen atoms in total. The Bertz CT molecular complexity index is 576. The van der Waals surface area contributed by atoms with E-state index in [1.807, 2.05) is 0 Å². The Labute approximate surface area is 83.2 Å². The van der Waals surface area contributed by atoms with E-state index in [-0.39, 0.29) is 11.3 Å². The molecule has 0 fully saturated rings. The summed E-state index contributed by atoms with van der Waals surface area (Å²) in [5, 5.41) is 9.57. The molecule has 0 atom stereocenters. The quantitative estimate of drug-likeness (QED) is 0.588. The Balaban J connectivity index is 2.62. The van der Waals surface area contributed by atoms with Crippen LogP contribution in [0.15, 0.2) is 35.1 Å². The van der Waals surface area contributed by atoms with Crippen molar-refractivity contribution < 1.29 is 9.92 Å². The SMILES string of the molecule is O=c1cc(O[N+](=O)[O-])[nH]c2ccccc12. The van der Waals surface area contributed by atoms with Crippen LogP contribution in [0.3, 0.4) is 0 Å². The molecule has 2 aromatic rings. The summed E-state index contributed by atoms with van der Waals surface area (Å²) in [6, 6.07) is 7.75. The second-order valence-electron chi connectivity index (χ2n) is 2.86. The molecule has 1 heterocycles. The minimum absolute atomic E-state index is 0.177. The van der Waals surface area contributed by atoms with Gasteiger partial charge in [-0.1, -0.05) is 12.1 Å². The van der Waals surface area contributed by atoms with Gasteiger partial charge in [0.15, 0.2) is 11.3 Å². The van der Waals surface area contributed by atoms with E-state index in [0.717, 1.165) is 6.07 Å². The summed E-state index contributed by atoms with van der Waals surface area (Å²) in [7, 11) is 0. The maximum Gasteiger partial charge on any atom is 0.301 e. The van der Waals surface area contributed by atoms with Gasteiger partial charge in [-0.3, -0.25) is 9.63 Å². The van der Waals surface area contributed by atoms with Crippen LogP contribution < -0.4 is 10.3 Å². The minimum Gasteiger partial charge on any atom is -0.336 e. The Morgan fingerprint density at radius 3 is 2.80 bits per heavy atom. The molecule has 0 radical (unpaired) electrons. The molecule has 0 aliphatic heterocycles. The summed E-state index contributed by atoms with van der Waals surface area (Å²) in [4.78, 5) is 28.3. The molecule has 15 heavy (non-hydrogen) atoms. The molecular weight excluding hydrogens is 200 g/mol. The fourth-order valence-electron chi connectivity index (χ4n) is 1.30. The van der Waals surface area contributed by atoms with Crippen LogP contribution in [0.2, 0.25) is 0 Å². The van der Waals surface area contributed by atoms with E-state index in [4.69, 9.17) is 0 Å². The highest BCUT2D eigenvalue weighted by Gasteiger charge is 2.04. The van der Waals surface area contributed by atoms with Crippen molar-refractivity contribution in [2.75, 3.05) is 0 Å². The molecule has 0 unspecified atom stereocenters. The van der Waals surface area contributed by atoms with Gasteiger partial charge < -0.3 is 4.98 Å². The molecule has 0 saturated heterocycles. The van der Waals surface area contributed by atoms with Gasteiger partial charge in [0.2, 0.25) is 0 Å². The molecular formula is C9H6N2O4. The van der Waals surface area contributed by atoms with E-state index in [2.05, 4.69) is 9.82 Å². The zero-order chi connectivity index (χ0) is 10.8. The summed E-state index contributed by atoms with van der Waals surface area (Å²) in [6.45, 7) is 0. The lowest BCUT2D eigenvalue weighted by Crippen LogP contribution is -2.09. The van der Waals surface area contributed by atoms with Gasteiger partial charge in [0.25, 0.3) is 0 Å². The summed E-state index contributed by atoms with van der Waals surface area (Å²) in [6.07, 6.45) is 0. The van der Waals surface area contributed by atoms with Crippen molar-refractivity contribution in [3.63, 3.8) is 0 Å². The molecule has 0 aliphatic carbocycles. The first-order valence-corrected chi connectivity index (χ1v) is 4.11. The zero-order valence-electron chi connectivity index (χ0n) is 7.47. The van der Waals surface area contributed by atoms with E-state index in [1.54, 1.807) is 24.3 Å². The minimum atomic E-state index is -0.972. The van der Waals surface area contributed by atoms with Crippen LogP contribution in [-0.4, -0.2) is 10.1 Å². The third kappa shape index (κ3) is 1.78. The number of fused-ring (bicyclic) bond motifs is 1. The van der Waals surface area contributed by atoms with E-state index in [0.29, 0.717) is 10.9 Å². The molecule has 0 amide bonds. The summed E-state index contributed by atoms with van der Waals surface area (Å²) in [5.41, 5.74) is 0.183. The number of pyridine rings is 1. The maximum atomic E-state index is 11.5. The van der Waals surface area contributed by atoms with Crippen molar-refractivity contribution in [3.8, 4) is 5.88 Å². The molecule has 76 valence electrons. The standard InChI is InChI=1S/C9H6N2O4/c12-8-5-9(15-11(13)14)10-7-4-2-1-3-6(7)8/h1-5H,(H,10,12). The highest BCUT2D eigenvalue weighted by molar-refractivity contribution is 5.78. The van der Waals surface area contributed by atoms with Crippen LogP contribution in [0, 0.1) is 10.1 Å². The number of hydrogen-bond donors (Lipinski definition) is 1. The molecule has 1 aromatic carbocycles. The highest BCUT2D eigenvalue weighted by Crippen LogP contribution is 2.11. The monoisotopic (exact) mass is 206 g/mol. The van der Waals surface area contributed by atoms with Crippen molar-refractivity contribution in [2.24, 2.45) is 0 Å². The van der Waals surface area contributed by atoms with Gasteiger partial charge in [0.05, 0.1) is 5.52 Å². The largest absolute Gasteiger partial charge is 0.336 e. The lowest BCUT2D eigenvalue weighted by molar-refractivity contribution is -0.712. The first-order chi connectivity index (χ1) is 7.16. The predicted molar refractivity (Wildman–Crippen MR) is 52.2 cm³/mol. The number of aromatic amines is 1. The van der Waals surface area contributed by atoms with Crippen molar-refractivity contribution >= 4 is 10.9 Å². The lowest BCUT2D eigenvalue weighted by Gasteiger charge is -2.00. The second-order valence-corrected chi connectivity index (χ2v) is 2.86. The van der Waals surface area contributed by atoms with E-state index in [1.165, 1.54) is 0 Å². The summed E-state index contributed by atoms with van der Waals surface area (Å²) in [5.74, 6) is -0.177. The number of benzene rings is 1. The molecule has 0 aliphatic rings. The average Bonchev–Trinajstić information content (AvgIpc) is 2.16. The molecule has 1 N–H and O–H groups in total. The Hall–Kier alpha value is -2.37. The highest BCUT2D eigenvalue weighted by atomic mass is 17.0. The van der Waals surface area contributed by atoms with Gasteiger partial charge >= 0.3 is 5.09 Å². The first-order valence-electron chi connectivity index (χ1n) is 4.11. The normalized spacial score (nSPS) is 10.1. The van der Waals surface area contributed by atoms with Gasteiger partial charge in [0, 0.05) is 11.5 Å². The number of rotatable bonds is 2. The number of nitrogens with zero attached hydrogens (tertiary/aromatic N) is 1. The van der Waals surface area contributed by atoms with Gasteiger partial charge in [-0.2, -0.15) is 0 Å². The number of H-pyrrole nitrogens is 1. The van der Waals surface area contributed by atoms with Crippen molar-refractivity contribution in [1.82, 2.24) is 4.98 Å². The topological polar surface area (TPSA) is 85.2 Å². The van der Waals surface area contributed by atoms with E-state index in [9.17, 15) is 14.9 Å². The number of para-hydroxylation sites is 1. The first kappa shape index (κ1) is 9.20. The molecule has 2 rings (SSSR count). The van der Waals surface area contributed by atoms with Gasteiger partial charge in [-0.05, 0) is 12.1 Å². The molecule has 6 heteroatoms. The van der Waals surface area contributed by atoms with Crippen LogP contribution >= 0.6 is 0 Å². The van der Waals surface area contributed by atoms with Crippen LogP contribution in [0.5, 0.6) is 5.88 Å². The number of nitrogens with one attached hydrogen (secondary N) is 1. The Kier molecular flexibility index (Phi) is 2.09. The fourth-order valence-corrected chi connectivity index (χ4v) is 1.30. The fraction of sp³-hybridized carbons (Fsp3) is 0. The van der Waals surface area contributed by atoms with Crippen LogP contribution in [0.4, 0.5) is 0 Å². The lowest BCUT2D eigenvalue weighted by atomic mass is 10.2. The predicted octanol–water partition coefficient (Wildman–Crippen LogP) is 1.10. The van der Waals surface area contributed by atoms with Gasteiger partial charge in [0.1, 0.15) is 0 Å². The smallest absolute Gasteiger partial charge is 0.301 e. The van der Waals surface area contributed by atoms with Crippen LogP contribution in [0.1, 0.15) is 0 Å². The van der Waals surface area contributed by atoms with Gasteiger partial charge in [-0.15, -0.1) is 10.1 Å². The molecule has 0 spiro atoms. The number of hydrogen-bond acceptors (Lipinski definition) is 4. The Morgan fingerprint density at radius 1 is 1.33 bits per heavy atom. The third-order valence-electron chi connectivity index (χ3n) is 1.89. The summed E-state index contributed by atoms with van der Waals surface area (Å²) >= 11 is 0. The maximum absolute atomic E-state index is 11.5. The summed E-state index contributed by atoms with van der Waals surface area (Å²) < 4.78 is 0. The van der Waals surface area contributed by atoms with Crippen molar-refractivity contribution in [1.29, 1.82) is 0 Å². The van der Waals surface area contributed by atoms with E-state index < -0.39 is 5.09 Å².